The third kappa shape index (κ3) is 2.01. The molecule has 1 rings (SSSR count). The number of rotatable bonds is 0. The van der Waals surface area contributed by atoms with Crippen LogP contribution >= 0.6 is 0 Å². The second kappa shape index (κ2) is 3.80. The second-order valence-corrected chi connectivity index (χ2v) is 2.65. The number of aliphatic imine (C=N–C) groups is 1. The van der Waals surface area contributed by atoms with Crippen molar-refractivity contribution >= 4 is 11.9 Å². The van der Waals surface area contributed by atoms with Crippen LogP contribution in [-0.4, -0.2) is 29.9 Å². The van der Waals surface area contributed by atoms with Crippen LogP contribution in [0.15, 0.2) is 10.1 Å². The summed E-state index contributed by atoms with van der Waals surface area (Å²) in [4.78, 5) is 5.76. The van der Waals surface area contributed by atoms with Gasteiger partial charge in [-0.15, -0.1) is 5.10 Å². The van der Waals surface area contributed by atoms with Crippen LogP contribution in [0.5, 0.6) is 0 Å². The lowest BCUT2D eigenvalue weighted by Gasteiger charge is -2.14. The van der Waals surface area contributed by atoms with Crippen LogP contribution in [-0.2, 0) is 0 Å². The van der Waals surface area contributed by atoms with Crippen molar-refractivity contribution in [3.8, 4) is 0 Å². The summed E-state index contributed by atoms with van der Waals surface area (Å²) < 4.78 is 0. The van der Waals surface area contributed by atoms with Crippen LogP contribution < -0.4 is 17.3 Å². The fraction of sp³-hybridized carbons (Fsp3) is 0.667. The zero-order chi connectivity index (χ0) is 8.97. The molecular weight excluding hydrogens is 156 g/mol. The predicted molar refractivity (Wildman–Crippen MR) is 48.2 cm³/mol. The molecule has 68 valence electrons. The average Bonchev–Trinajstić information content (AvgIpc) is 2.56. The van der Waals surface area contributed by atoms with E-state index in [9.17, 15) is 0 Å². The zero-order valence-corrected chi connectivity index (χ0v) is 6.90. The smallest absolute Gasteiger partial charge is 0.240 e. The maximum atomic E-state index is 5.62. The summed E-state index contributed by atoms with van der Waals surface area (Å²) in [7, 11) is 0. The van der Waals surface area contributed by atoms with Gasteiger partial charge in [-0.25, -0.2) is 0 Å². The molecule has 0 spiro atoms. The van der Waals surface area contributed by atoms with E-state index in [1.54, 1.807) is 0 Å². The van der Waals surface area contributed by atoms with Crippen molar-refractivity contribution in [2.75, 3.05) is 13.1 Å². The van der Waals surface area contributed by atoms with Gasteiger partial charge >= 0.3 is 0 Å². The molecule has 6 nitrogen and oxygen atoms in total. The van der Waals surface area contributed by atoms with Gasteiger partial charge in [0.05, 0.1) is 0 Å². The molecule has 1 fully saturated rings. The molecule has 6 heteroatoms. The molecule has 0 aromatic heterocycles. The van der Waals surface area contributed by atoms with E-state index in [1.165, 1.54) is 0 Å². The van der Waals surface area contributed by atoms with E-state index in [2.05, 4.69) is 10.1 Å². The average molecular weight is 170 g/mol. The number of hydrogen-bond donors (Lipinski definition) is 3. The van der Waals surface area contributed by atoms with Gasteiger partial charge in [0.15, 0.2) is 5.96 Å². The number of likely N-dealkylation sites (tertiary alicyclic amines) is 1. The van der Waals surface area contributed by atoms with E-state index >= 15 is 0 Å². The predicted octanol–water partition coefficient (Wildman–Crippen LogP) is -1.41. The number of guanidine groups is 2. The Hall–Kier alpha value is -1.46. The van der Waals surface area contributed by atoms with Crippen molar-refractivity contribution in [1.82, 2.24) is 4.90 Å². The Morgan fingerprint density at radius 3 is 2.25 bits per heavy atom. The van der Waals surface area contributed by atoms with Crippen molar-refractivity contribution in [2.45, 2.75) is 12.8 Å². The molecule has 0 atom stereocenters. The normalized spacial score (nSPS) is 20.2. The van der Waals surface area contributed by atoms with Crippen LogP contribution in [0.25, 0.3) is 0 Å². The maximum Gasteiger partial charge on any atom is 0.240 e. The van der Waals surface area contributed by atoms with Crippen molar-refractivity contribution < 1.29 is 0 Å². The molecule has 6 N–H and O–H groups in total. The van der Waals surface area contributed by atoms with Gasteiger partial charge in [-0.05, 0) is 12.8 Å². The fourth-order valence-electron chi connectivity index (χ4n) is 1.16. The van der Waals surface area contributed by atoms with E-state index in [1.807, 2.05) is 4.90 Å². The first-order valence-electron chi connectivity index (χ1n) is 3.86. The summed E-state index contributed by atoms with van der Waals surface area (Å²) in [5, 5.41) is 3.20. The summed E-state index contributed by atoms with van der Waals surface area (Å²) in [6.07, 6.45) is 2.30. The van der Waals surface area contributed by atoms with E-state index in [0.29, 0.717) is 5.96 Å². The Morgan fingerprint density at radius 2 is 1.75 bits per heavy atom. The van der Waals surface area contributed by atoms with E-state index in [4.69, 9.17) is 17.3 Å². The SMILES string of the molecule is NN=C(N)N=C(N)N1CCCC1. The summed E-state index contributed by atoms with van der Waals surface area (Å²) in [5.74, 6) is 5.32. The summed E-state index contributed by atoms with van der Waals surface area (Å²) >= 11 is 0. The van der Waals surface area contributed by atoms with Crippen LogP contribution in [0.2, 0.25) is 0 Å². The molecule has 1 heterocycles. The van der Waals surface area contributed by atoms with Gasteiger partial charge in [0.2, 0.25) is 5.96 Å². The Kier molecular flexibility index (Phi) is 2.73. The highest BCUT2D eigenvalue weighted by molar-refractivity contribution is 5.93. The number of nitrogens with two attached hydrogens (primary N) is 3. The summed E-state index contributed by atoms with van der Waals surface area (Å²) in [5.41, 5.74) is 10.9. The quantitative estimate of drug-likeness (QED) is 0.179. The third-order valence-corrected chi connectivity index (χ3v) is 1.79. The molecule has 0 aromatic carbocycles. The van der Waals surface area contributed by atoms with Gasteiger partial charge in [-0.3, -0.25) is 0 Å². The minimum atomic E-state index is 0.0133. The highest BCUT2D eigenvalue weighted by Gasteiger charge is 2.13. The molecule has 0 aliphatic carbocycles. The highest BCUT2D eigenvalue weighted by Crippen LogP contribution is 2.05. The van der Waals surface area contributed by atoms with Crippen molar-refractivity contribution in [2.24, 2.45) is 27.4 Å². The Bertz CT molecular complexity index is 202. The largest absolute Gasteiger partial charge is 0.369 e. The standard InChI is InChI=1S/C6H14N6/c7-5(11-9)10-6(8)12-3-1-2-4-12/h1-4,9H2,(H4,7,8,10,11). The maximum absolute atomic E-state index is 5.62. The third-order valence-electron chi connectivity index (χ3n) is 1.79. The lowest BCUT2D eigenvalue weighted by Crippen LogP contribution is -2.36. The first-order chi connectivity index (χ1) is 5.74. The van der Waals surface area contributed by atoms with Gasteiger partial charge in [0, 0.05) is 13.1 Å². The van der Waals surface area contributed by atoms with Crippen LogP contribution in [0.4, 0.5) is 0 Å². The molecule has 0 amide bonds. The van der Waals surface area contributed by atoms with E-state index < -0.39 is 0 Å². The lowest BCUT2D eigenvalue weighted by molar-refractivity contribution is 0.514. The van der Waals surface area contributed by atoms with Gasteiger partial charge in [-0.1, -0.05) is 0 Å². The zero-order valence-electron chi connectivity index (χ0n) is 6.90. The van der Waals surface area contributed by atoms with Crippen LogP contribution in [0.1, 0.15) is 12.8 Å². The first kappa shape index (κ1) is 8.63. The summed E-state index contributed by atoms with van der Waals surface area (Å²) in [6.45, 7) is 1.88. The Morgan fingerprint density at radius 1 is 1.17 bits per heavy atom. The minimum absolute atomic E-state index is 0.0133. The molecule has 1 aliphatic heterocycles. The number of nitrogens with zero attached hydrogens (tertiary/aromatic N) is 3. The number of hydrazone groups is 1. The topological polar surface area (TPSA) is 106 Å². The molecule has 12 heavy (non-hydrogen) atoms. The van der Waals surface area contributed by atoms with Gasteiger partial charge < -0.3 is 22.2 Å². The molecule has 0 unspecified atom stereocenters. The van der Waals surface area contributed by atoms with Crippen molar-refractivity contribution in [3.05, 3.63) is 0 Å². The van der Waals surface area contributed by atoms with Gasteiger partial charge in [-0.2, -0.15) is 4.99 Å². The van der Waals surface area contributed by atoms with Crippen LogP contribution in [0.3, 0.4) is 0 Å². The number of hydrogen-bond acceptors (Lipinski definition) is 2. The Labute approximate surface area is 71.1 Å². The monoisotopic (exact) mass is 170 g/mol. The van der Waals surface area contributed by atoms with Gasteiger partial charge in [0.25, 0.3) is 0 Å². The lowest BCUT2D eigenvalue weighted by atomic mass is 10.4. The van der Waals surface area contributed by atoms with Gasteiger partial charge in [0.1, 0.15) is 0 Å². The minimum Gasteiger partial charge on any atom is -0.369 e. The molecule has 0 bridgehead atoms. The van der Waals surface area contributed by atoms with Crippen LogP contribution in [0, 0.1) is 0 Å². The molecule has 1 aliphatic rings. The van der Waals surface area contributed by atoms with Crippen molar-refractivity contribution in [1.29, 1.82) is 0 Å². The second-order valence-electron chi connectivity index (χ2n) is 2.65. The molecule has 1 saturated heterocycles. The first-order valence-corrected chi connectivity index (χ1v) is 3.86. The highest BCUT2D eigenvalue weighted by atomic mass is 15.3. The summed E-state index contributed by atoms with van der Waals surface area (Å²) in [6, 6.07) is 0. The molecule has 0 aromatic rings. The Balaban J connectivity index is 2.55. The molecular formula is C6H14N6. The molecule has 0 radical (unpaired) electrons. The molecule has 0 saturated carbocycles. The van der Waals surface area contributed by atoms with E-state index in [0.717, 1.165) is 25.9 Å². The fourth-order valence-corrected chi connectivity index (χ4v) is 1.16. The van der Waals surface area contributed by atoms with Crippen molar-refractivity contribution in [3.63, 3.8) is 0 Å². The van der Waals surface area contributed by atoms with E-state index in [-0.39, 0.29) is 5.96 Å².